The number of nitro benzene ring substituents is 1. The topological polar surface area (TPSA) is 92.6 Å². The van der Waals surface area contributed by atoms with Crippen LogP contribution >= 0.6 is 0 Å². The predicted molar refractivity (Wildman–Crippen MR) is 157 cm³/mol. The minimum Gasteiger partial charge on any atom is -0.357 e. The Kier molecular flexibility index (Phi) is 7.08. The molecule has 1 N–H and O–H groups in total. The molecule has 0 bridgehead atoms. The molecule has 0 fully saturated rings. The minimum absolute atomic E-state index is 0.0289. The highest BCUT2D eigenvalue weighted by Crippen LogP contribution is 2.48. The van der Waals surface area contributed by atoms with E-state index in [2.05, 4.69) is 50.4 Å². The molecule has 0 saturated carbocycles. The summed E-state index contributed by atoms with van der Waals surface area (Å²) in [4.78, 5) is 40.8. The monoisotopic (exact) mass is 537 g/mol. The highest BCUT2D eigenvalue weighted by Gasteiger charge is 2.42. The summed E-state index contributed by atoms with van der Waals surface area (Å²) < 4.78 is 0. The molecule has 0 saturated heterocycles. The number of hydrogen-bond acceptors (Lipinski definition) is 5. The Hall–Kier alpha value is -4.26. The normalized spacial score (nSPS) is 19.1. The predicted octanol–water partition coefficient (Wildman–Crippen LogP) is 7.45. The van der Waals surface area contributed by atoms with Gasteiger partial charge >= 0.3 is 0 Å². The summed E-state index contributed by atoms with van der Waals surface area (Å²) in [5.74, 6) is -0.612. The third kappa shape index (κ3) is 5.04. The number of carbonyl (C=O) groups is 2. The number of nitrogens with zero attached hydrogens (tertiary/aromatic N) is 2. The van der Waals surface area contributed by atoms with E-state index in [9.17, 15) is 19.7 Å². The highest BCUT2D eigenvalue weighted by molar-refractivity contribution is 6.06. The number of amides is 1. The minimum atomic E-state index is -0.794. The Bertz CT molecular complexity index is 1520. The van der Waals surface area contributed by atoms with Crippen molar-refractivity contribution >= 4 is 28.8 Å². The van der Waals surface area contributed by atoms with Crippen LogP contribution in [0.5, 0.6) is 0 Å². The summed E-state index contributed by atoms with van der Waals surface area (Å²) in [6.45, 7) is 10.2. The zero-order valence-corrected chi connectivity index (χ0v) is 23.6. The van der Waals surface area contributed by atoms with Gasteiger partial charge in [0, 0.05) is 35.7 Å². The number of carbonyl (C=O) groups excluding carboxylic acids is 2. The van der Waals surface area contributed by atoms with Gasteiger partial charge in [-0.25, -0.2) is 0 Å². The van der Waals surface area contributed by atoms with Crippen LogP contribution in [0.1, 0.15) is 76.1 Å². The van der Waals surface area contributed by atoms with Gasteiger partial charge in [-0.3, -0.25) is 24.6 Å². The number of benzene rings is 3. The van der Waals surface area contributed by atoms with Crippen molar-refractivity contribution in [2.24, 2.45) is 5.92 Å². The Morgan fingerprint density at radius 1 is 0.975 bits per heavy atom. The average molecular weight is 538 g/mol. The lowest BCUT2D eigenvalue weighted by Gasteiger charge is -2.36. The zero-order valence-electron chi connectivity index (χ0n) is 23.6. The summed E-state index contributed by atoms with van der Waals surface area (Å²) in [6, 6.07) is 21.5. The standard InChI is InChI=1S/C33H35N3O4/c1-20(2)32(38)35-28-12-7-6-11-26(28)34-27-18-23(21-13-15-24(16-14-21)33(3,4)5)19-29(37)30(27)31(35)22-9-8-10-25(17-22)36(39)40/h6-17,20,23,31,34H,18-19H2,1-5H3/t23-,31-/m1/s1. The molecular weight excluding hydrogens is 502 g/mol. The van der Waals surface area contributed by atoms with E-state index >= 15 is 0 Å². The fraction of sp³-hybridized carbons (Fsp3) is 0.333. The van der Waals surface area contributed by atoms with E-state index in [1.807, 2.05) is 38.1 Å². The van der Waals surface area contributed by atoms with Gasteiger partial charge in [-0.1, -0.05) is 83.1 Å². The van der Waals surface area contributed by atoms with Crippen LogP contribution in [0.2, 0.25) is 0 Å². The molecule has 0 unspecified atom stereocenters. The van der Waals surface area contributed by atoms with Crippen LogP contribution in [-0.2, 0) is 15.0 Å². The van der Waals surface area contributed by atoms with E-state index in [0.29, 0.717) is 29.7 Å². The fourth-order valence-electron chi connectivity index (χ4n) is 5.73. The Morgan fingerprint density at radius 2 is 1.68 bits per heavy atom. The number of para-hydroxylation sites is 2. The first-order chi connectivity index (χ1) is 19.0. The van der Waals surface area contributed by atoms with Crippen molar-refractivity contribution in [2.75, 3.05) is 10.2 Å². The summed E-state index contributed by atoms with van der Waals surface area (Å²) in [6.07, 6.45) is 0.875. The lowest BCUT2D eigenvalue weighted by Crippen LogP contribution is -2.40. The molecule has 3 aromatic rings. The number of fused-ring (bicyclic) bond motifs is 1. The van der Waals surface area contributed by atoms with Crippen molar-refractivity contribution in [1.29, 1.82) is 0 Å². The molecular formula is C33H35N3O4. The quantitative estimate of drug-likeness (QED) is 0.276. The van der Waals surface area contributed by atoms with Crippen molar-refractivity contribution in [2.45, 2.75) is 64.8 Å². The summed E-state index contributed by atoms with van der Waals surface area (Å²) in [5, 5.41) is 15.2. The van der Waals surface area contributed by atoms with Gasteiger partial charge in [0.25, 0.3) is 5.69 Å². The molecule has 206 valence electrons. The van der Waals surface area contributed by atoms with Crippen molar-refractivity contribution < 1.29 is 14.5 Å². The molecule has 0 aromatic heterocycles. The van der Waals surface area contributed by atoms with E-state index in [1.165, 1.54) is 17.7 Å². The second-order valence-corrected chi connectivity index (χ2v) is 12.1. The van der Waals surface area contributed by atoms with Gasteiger partial charge in [0.1, 0.15) is 0 Å². The Labute approximate surface area is 235 Å². The smallest absolute Gasteiger partial charge is 0.269 e. The Balaban J connectivity index is 1.68. The van der Waals surface area contributed by atoms with Crippen LogP contribution in [0.25, 0.3) is 0 Å². The van der Waals surface area contributed by atoms with Gasteiger partial charge in [0.15, 0.2) is 5.78 Å². The number of nitro groups is 1. The summed E-state index contributed by atoms with van der Waals surface area (Å²) in [5.41, 5.74) is 5.43. The van der Waals surface area contributed by atoms with Gasteiger partial charge in [0.05, 0.1) is 22.3 Å². The molecule has 5 rings (SSSR count). The summed E-state index contributed by atoms with van der Waals surface area (Å²) >= 11 is 0. The molecule has 7 heteroatoms. The lowest BCUT2D eigenvalue weighted by atomic mass is 9.77. The molecule has 3 aromatic carbocycles. The molecule has 1 amide bonds. The number of non-ortho nitro benzene ring substituents is 1. The van der Waals surface area contributed by atoms with Crippen LogP contribution in [0.15, 0.2) is 84.1 Å². The van der Waals surface area contributed by atoms with E-state index in [4.69, 9.17) is 0 Å². The largest absolute Gasteiger partial charge is 0.357 e. The molecule has 7 nitrogen and oxygen atoms in total. The van der Waals surface area contributed by atoms with Gasteiger partial charge in [-0.05, 0) is 46.6 Å². The van der Waals surface area contributed by atoms with Gasteiger partial charge < -0.3 is 5.32 Å². The van der Waals surface area contributed by atoms with Crippen molar-refractivity contribution in [3.63, 3.8) is 0 Å². The van der Waals surface area contributed by atoms with Crippen LogP contribution in [0.3, 0.4) is 0 Å². The zero-order chi connectivity index (χ0) is 28.8. The maximum Gasteiger partial charge on any atom is 0.269 e. The van der Waals surface area contributed by atoms with Crippen LogP contribution in [-0.4, -0.2) is 16.6 Å². The first-order valence-electron chi connectivity index (χ1n) is 13.8. The van der Waals surface area contributed by atoms with Crippen molar-refractivity contribution in [3.8, 4) is 0 Å². The fourth-order valence-corrected chi connectivity index (χ4v) is 5.73. The second-order valence-electron chi connectivity index (χ2n) is 12.1. The molecule has 1 heterocycles. The van der Waals surface area contributed by atoms with Gasteiger partial charge in [-0.15, -0.1) is 0 Å². The molecule has 40 heavy (non-hydrogen) atoms. The number of hydrogen-bond donors (Lipinski definition) is 1. The number of allylic oxidation sites excluding steroid dienone is 1. The third-order valence-corrected chi connectivity index (χ3v) is 7.86. The molecule has 2 atom stereocenters. The Morgan fingerprint density at radius 3 is 2.33 bits per heavy atom. The molecule has 0 radical (unpaired) electrons. The van der Waals surface area contributed by atoms with Crippen LogP contribution < -0.4 is 10.2 Å². The van der Waals surface area contributed by atoms with Crippen LogP contribution in [0.4, 0.5) is 17.1 Å². The number of anilines is 2. The second kappa shape index (κ2) is 10.4. The number of ketones is 1. The maximum atomic E-state index is 14.1. The summed E-state index contributed by atoms with van der Waals surface area (Å²) in [7, 11) is 0. The first kappa shape index (κ1) is 27.3. The molecule has 1 aliphatic heterocycles. The lowest BCUT2D eigenvalue weighted by molar-refractivity contribution is -0.384. The number of nitrogens with one attached hydrogen (secondary N) is 1. The van der Waals surface area contributed by atoms with Crippen molar-refractivity contribution in [1.82, 2.24) is 0 Å². The molecule has 2 aliphatic rings. The number of rotatable bonds is 4. The van der Waals surface area contributed by atoms with E-state index in [0.717, 1.165) is 16.9 Å². The van der Waals surface area contributed by atoms with E-state index < -0.39 is 11.0 Å². The van der Waals surface area contributed by atoms with Gasteiger partial charge in [0.2, 0.25) is 5.91 Å². The SMILES string of the molecule is CC(C)C(=O)N1c2ccccc2NC2=C(C(=O)C[C@H](c3ccc(C(C)(C)C)cc3)C2)[C@H]1c1cccc([N+](=O)[O-])c1. The average Bonchev–Trinajstić information content (AvgIpc) is 3.07. The number of Topliss-reactive ketones (excluding diaryl/α,β-unsaturated/α-hetero) is 1. The van der Waals surface area contributed by atoms with Gasteiger partial charge in [-0.2, -0.15) is 0 Å². The first-order valence-corrected chi connectivity index (χ1v) is 13.8. The van der Waals surface area contributed by atoms with Crippen molar-refractivity contribution in [3.05, 3.63) is 111 Å². The molecule has 0 spiro atoms. The molecule has 1 aliphatic carbocycles. The van der Waals surface area contributed by atoms with Crippen LogP contribution in [0, 0.1) is 16.0 Å². The third-order valence-electron chi connectivity index (χ3n) is 7.86. The highest BCUT2D eigenvalue weighted by atomic mass is 16.6. The van der Waals surface area contributed by atoms with E-state index in [-0.39, 0.29) is 34.6 Å². The van der Waals surface area contributed by atoms with E-state index in [1.54, 1.807) is 17.0 Å². The maximum absolute atomic E-state index is 14.1.